The molecule has 0 radical (unpaired) electrons. The summed E-state index contributed by atoms with van der Waals surface area (Å²) < 4.78 is 0. The maximum atomic E-state index is 10.1. The van der Waals surface area contributed by atoms with Crippen LogP contribution in [0.2, 0.25) is 0 Å². The molecule has 3 heteroatoms. The van der Waals surface area contributed by atoms with Crippen molar-refractivity contribution >= 4 is 35.0 Å². The second-order valence-corrected chi connectivity index (χ2v) is 4.60. The molecule has 0 atom stereocenters. The van der Waals surface area contributed by atoms with Crippen LogP contribution < -0.4 is 0 Å². The van der Waals surface area contributed by atoms with Gasteiger partial charge < -0.3 is 0 Å². The molecule has 14 heavy (non-hydrogen) atoms. The minimum Gasteiger partial charge on any atom is -0.299 e. The normalized spacial score (nSPS) is 10.9. The molecular formula is C11H8OS2. The lowest BCUT2D eigenvalue weighted by atomic mass is 10.2. The van der Waals surface area contributed by atoms with Crippen LogP contribution in [0.3, 0.4) is 0 Å². The first-order valence-electron chi connectivity index (χ1n) is 4.14. The average Bonchev–Trinajstić information content (AvgIpc) is 2.85. The van der Waals surface area contributed by atoms with E-state index >= 15 is 0 Å². The van der Waals surface area contributed by atoms with E-state index in [1.54, 1.807) is 22.7 Å². The molecule has 70 valence electrons. The highest BCUT2D eigenvalue weighted by molar-refractivity contribution is 7.15. The quantitative estimate of drug-likeness (QED) is 0.569. The van der Waals surface area contributed by atoms with Crippen molar-refractivity contribution in [2.45, 2.75) is 0 Å². The van der Waals surface area contributed by atoms with Crippen molar-refractivity contribution in [3.8, 4) is 10.4 Å². The largest absolute Gasteiger partial charge is 0.299 e. The van der Waals surface area contributed by atoms with Gasteiger partial charge in [-0.3, -0.25) is 4.79 Å². The van der Waals surface area contributed by atoms with Crippen molar-refractivity contribution in [1.29, 1.82) is 0 Å². The Morgan fingerprint density at radius 2 is 2.21 bits per heavy atom. The van der Waals surface area contributed by atoms with Gasteiger partial charge in [0.25, 0.3) is 0 Å². The number of hydrogen-bond acceptors (Lipinski definition) is 3. The molecule has 2 rings (SSSR count). The predicted molar refractivity (Wildman–Crippen MR) is 62.7 cm³/mol. The summed E-state index contributed by atoms with van der Waals surface area (Å²) in [5.41, 5.74) is 1.23. The first-order chi connectivity index (χ1) is 6.90. The Bertz CT molecular complexity index is 438. The Labute approximate surface area is 90.3 Å². The third-order valence-corrected chi connectivity index (χ3v) is 3.58. The van der Waals surface area contributed by atoms with Gasteiger partial charge in [-0.15, -0.1) is 22.7 Å². The molecule has 0 aliphatic carbocycles. The molecule has 0 aromatic carbocycles. The monoisotopic (exact) mass is 220 g/mol. The maximum absolute atomic E-state index is 10.1. The Hall–Kier alpha value is -1.19. The lowest BCUT2D eigenvalue weighted by molar-refractivity contribution is -0.104. The van der Waals surface area contributed by atoms with Crippen LogP contribution in [0.25, 0.3) is 16.5 Å². The topological polar surface area (TPSA) is 17.1 Å². The highest BCUT2D eigenvalue weighted by atomic mass is 32.1. The van der Waals surface area contributed by atoms with Crippen LogP contribution >= 0.6 is 22.7 Å². The number of aldehydes is 1. The molecule has 0 saturated heterocycles. The molecule has 0 fully saturated rings. The fourth-order valence-corrected chi connectivity index (χ4v) is 2.75. The fourth-order valence-electron chi connectivity index (χ4n) is 1.15. The number of rotatable bonds is 3. The van der Waals surface area contributed by atoms with E-state index in [0.29, 0.717) is 0 Å². The van der Waals surface area contributed by atoms with Gasteiger partial charge in [0, 0.05) is 15.3 Å². The van der Waals surface area contributed by atoms with E-state index in [2.05, 4.69) is 22.9 Å². The van der Waals surface area contributed by atoms with Crippen molar-refractivity contribution < 1.29 is 4.79 Å². The molecule has 0 spiro atoms. The van der Waals surface area contributed by atoms with Crippen molar-refractivity contribution in [2.24, 2.45) is 0 Å². The van der Waals surface area contributed by atoms with Crippen LogP contribution in [0.4, 0.5) is 0 Å². The van der Waals surface area contributed by atoms with Crippen molar-refractivity contribution in [3.63, 3.8) is 0 Å². The van der Waals surface area contributed by atoms with E-state index in [1.807, 2.05) is 12.1 Å². The van der Waals surface area contributed by atoms with Gasteiger partial charge in [-0.25, -0.2) is 0 Å². The van der Waals surface area contributed by atoms with E-state index in [-0.39, 0.29) is 0 Å². The first-order valence-corrected chi connectivity index (χ1v) is 5.90. The number of hydrogen-bond donors (Lipinski definition) is 0. The van der Waals surface area contributed by atoms with E-state index < -0.39 is 0 Å². The van der Waals surface area contributed by atoms with Crippen LogP contribution in [0.15, 0.2) is 35.0 Å². The maximum Gasteiger partial charge on any atom is 0.142 e. The molecule has 0 N–H and O–H groups in total. The third-order valence-electron chi connectivity index (χ3n) is 1.76. The molecule has 2 aromatic heterocycles. The lowest BCUT2D eigenvalue weighted by Gasteiger charge is -1.86. The van der Waals surface area contributed by atoms with Gasteiger partial charge in [-0.2, -0.15) is 0 Å². The zero-order chi connectivity index (χ0) is 9.80. The summed E-state index contributed by atoms with van der Waals surface area (Å²) in [6, 6.07) is 6.23. The molecule has 0 aliphatic heterocycles. The van der Waals surface area contributed by atoms with E-state index in [1.165, 1.54) is 16.5 Å². The predicted octanol–water partition coefficient (Wildman–Crippen LogP) is 3.69. The molecule has 1 nitrogen and oxygen atoms in total. The highest BCUT2D eigenvalue weighted by Crippen LogP contribution is 2.29. The van der Waals surface area contributed by atoms with Crippen LogP contribution in [0.1, 0.15) is 4.88 Å². The van der Waals surface area contributed by atoms with Gasteiger partial charge in [-0.1, -0.05) is 6.07 Å². The van der Waals surface area contributed by atoms with E-state index in [0.717, 1.165) is 11.2 Å². The summed E-state index contributed by atoms with van der Waals surface area (Å²) in [4.78, 5) is 12.5. The Kier molecular flexibility index (Phi) is 2.91. The summed E-state index contributed by atoms with van der Waals surface area (Å²) in [7, 11) is 0. The van der Waals surface area contributed by atoms with Gasteiger partial charge >= 0.3 is 0 Å². The molecular weight excluding hydrogens is 212 g/mol. The number of carbonyl (C=O) groups excluding carboxylic acids is 1. The minimum atomic E-state index is 0.796. The smallest absolute Gasteiger partial charge is 0.142 e. The van der Waals surface area contributed by atoms with Gasteiger partial charge in [0.05, 0.1) is 0 Å². The Morgan fingerprint density at radius 1 is 1.29 bits per heavy atom. The second-order valence-electron chi connectivity index (χ2n) is 2.71. The van der Waals surface area contributed by atoms with Gasteiger partial charge in [0.2, 0.25) is 0 Å². The average molecular weight is 220 g/mol. The van der Waals surface area contributed by atoms with Crippen molar-refractivity contribution in [2.75, 3.05) is 0 Å². The van der Waals surface area contributed by atoms with Gasteiger partial charge in [-0.05, 0) is 35.0 Å². The summed E-state index contributed by atoms with van der Waals surface area (Å²) in [6.45, 7) is 0. The lowest BCUT2D eigenvalue weighted by Crippen LogP contribution is -1.63. The fraction of sp³-hybridized carbons (Fsp3) is 0. The minimum absolute atomic E-state index is 0.796. The molecule has 0 aliphatic rings. The summed E-state index contributed by atoms with van der Waals surface area (Å²) in [5, 5.41) is 4.17. The van der Waals surface area contributed by atoms with Crippen LogP contribution in [0.5, 0.6) is 0 Å². The standard InChI is InChI=1S/C11H8OS2/c12-5-1-3-10-7-9(8-14-10)11-4-2-6-13-11/h1-8H/b3-1+. The first kappa shape index (κ1) is 9.37. The number of thiophene rings is 2. The Morgan fingerprint density at radius 3 is 2.93 bits per heavy atom. The van der Waals surface area contributed by atoms with Crippen LogP contribution in [0, 0.1) is 0 Å². The summed E-state index contributed by atoms with van der Waals surface area (Å²) in [6.07, 6.45) is 4.14. The van der Waals surface area contributed by atoms with Crippen LogP contribution in [-0.4, -0.2) is 6.29 Å². The molecule has 2 heterocycles. The molecule has 0 amide bonds. The van der Waals surface area contributed by atoms with Crippen molar-refractivity contribution in [3.05, 3.63) is 39.9 Å². The van der Waals surface area contributed by atoms with Gasteiger partial charge in [0.15, 0.2) is 0 Å². The Balaban J connectivity index is 2.26. The molecule has 0 bridgehead atoms. The van der Waals surface area contributed by atoms with E-state index in [9.17, 15) is 4.79 Å². The van der Waals surface area contributed by atoms with Crippen LogP contribution in [-0.2, 0) is 4.79 Å². The zero-order valence-electron chi connectivity index (χ0n) is 7.34. The van der Waals surface area contributed by atoms with E-state index in [4.69, 9.17) is 0 Å². The number of allylic oxidation sites excluding steroid dienone is 1. The molecule has 2 aromatic rings. The van der Waals surface area contributed by atoms with Gasteiger partial charge in [0.1, 0.15) is 6.29 Å². The molecule has 0 saturated carbocycles. The number of carbonyl (C=O) groups is 1. The highest BCUT2D eigenvalue weighted by Gasteiger charge is 2.00. The summed E-state index contributed by atoms with van der Waals surface area (Å²) in [5.74, 6) is 0. The zero-order valence-corrected chi connectivity index (χ0v) is 8.98. The molecule has 0 unspecified atom stereocenters. The second kappa shape index (κ2) is 4.35. The van der Waals surface area contributed by atoms with Crippen molar-refractivity contribution in [1.82, 2.24) is 0 Å². The summed E-state index contributed by atoms with van der Waals surface area (Å²) >= 11 is 3.37. The third kappa shape index (κ3) is 2.00. The SMILES string of the molecule is O=C/C=C/c1cc(-c2cccs2)cs1.